The van der Waals surface area contributed by atoms with Crippen molar-refractivity contribution in [3.05, 3.63) is 60.1 Å². The highest BCUT2D eigenvalue weighted by molar-refractivity contribution is 5.94. The van der Waals surface area contributed by atoms with E-state index in [1.807, 2.05) is 47.8 Å². The van der Waals surface area contributed by atoms with E-state index in [0.29, 0.717) is 0 Å². The maximum atomic E-state index is 12.2. The van der Waals surface area contributed by atoms with E-state index < -0.39 is 6.03 Å². The summed E-state index contributed by atoms with van der Waals surface area (Å²) in [4.78, 5) is 24.2. The van der Waals surface area contributed by atoms with Gasteiger partial charge in [-0.2, -0.15) is 0 Å². The van der Waals surface area contributed by atoms with Crippen LogP contribution in [0.3, 0.4) is 0 Å². The molecule has 0 radical (unpaired) electrons. The molecule has 2 aromatic rings. The fraction of sp³-hybridized carbons (Fsp3) is 0.400. The molecule has 1 aliphatic carbocycles. The average molecular weight is 356 g/mol. The van der Waals surface area contributed by atoms with Gasteiger partial charge in [0.15, 0.2) is 18.3 Å². The van der Waals surface area contributed by atoms with Gasteiger partial charge < -0.3 is 15.1 Å². The zero-order valence-electron chi connectivity index (χ0n) is 14.8. The molecule has 1 saturated carbocycles. The molecule has 1 heterocycles. The molecule has 3 rings (SSSR count). The van der Waals surface area contributed by atoms with Crippen molar-refractivity contribution in [1.29, 1.82) is 0 Å². The van der Waals surface area contributed by atoms with Crippen LogP contribution in [0.25, 0.3) is 0 Å². The molecule has 0 aliphatic heterocycles. The standard InChI is InChI=1S/C20H25N3O3/c24-18(23-20(25)22-16-10-5-2-6-11-16)14-21-19(17-12-7-13-26-17)15-8-3-1-4-9-15/h1,3-4,7-9,12-13,16,19,21H,2,5-6,10-11,14H2,(H2,22,23,24,25)/p+1/t19-/m1/s1. The molecular formula is C20H26N3O3+. The lowest BCUT2D eigenvalue weighted by Crippen LogP contribution is -2.87. The highest BCUT2D eigenvalue weighted by Gasteiger charge is 2.22. The predicted octanol–water partition coefficient (Wildman–Crippen LogP) is 2.09. The van der Waals surface area contributed by atoms with E-state index in [0.717, 1.165) is 37.0 Å². The third-order valence-electron chi connectivity index (χ3n) is 4.74. The quantitative estimate of drug-likeness (QED) is 0.740. The Morgan fingerprint density at radius 1 is 1.08 bits per heavy atom. The summed E-state index contributed by atoms with van der Waals surface area (Å²) in [5.41, 5.74) is 1.04. The minimum atomic E-state index is -0.399. The number of nitrogens with two attached hydrogens (primary N) is 1. The first-order valence-electron chi connectivity index (χ1n) is 9.24. The molecule has 4 N–H and O–H groups in total. The summed E-state index contributed by atoms with van der Waals surface area (Å²) in [6, 6.07) is 13.2. The molecule has 1 aliphatic rings. The lowest BCUT2D eigenvalue weighted by Gasteiger charge is -2.22. The summed E-state index contributed by atoms with van der Waals surface area (Å²) in [6.07, 6.45) is 7.09. The van der Waals surface area contributed by atoms with Crippen molar-refractivity contribution in [2.45, 2.75) is 44.2 Å². The number of benzene rings is 1. The molecule has 0 saturated heterocycles. The maximum absolute atomic E-state index is 12.2. The lowest BCUT2D eigenvalue weighted by atomic mass is 9.96. The van der Waals surface area contributed by atoms with Gasteiger partial charge in [0.1, 0.15) is 0 Å². The average Bonchev–Trinajstić information content (AvgIpc) is 3.18. The van der Waals surface area contributed by atoms with Gasteiger partial charge in [0, 0.05) is 11.6 Å². The minimum absolute atomic E-state index is 0.127. The van der Waals surface area contributed by atoms with Crippen LogP contribution in [0.15, 0.2) is 53.1 Å². The van der Waals surface area contributed by atoms with Crippen LogP contribution in [0.1, 0.15) is 49.5 Å². The smallest absolute Gasteiger partial charge is 0.321 e. The third kappa shape index (κ3) is 5.20. The Bertz CT molecular complexity index is 694. The second-order valence-corrected chi connectivity index (χ2v) is 6.70. The monoisotopic (exact) mass is 356 g/mol. The van der Waals surface area contributed by atoms with Crippen LogP contribution in [0.2, 0.25) is 0 Å². The van der Waals surface area contributed by atoms with Crippen LogP contribution in [0.4, 0.5) is 4.79 Å². The molecule has 6 heteroatoms. The van der Waals surface area contributed by atoms with Gasteiger partial charge in [0.25, 0.3) is 5.91 Å². The number of nitrogens with one attached hydrogen (secondary N) is 2. The van der Waals surface area contributed by atoms with Crippen molar-refractivity contribution in [3.63, 3.8) is 0 Å². The van der Waals surface area contributed by atoms with Crippen LogP contribution in [-0.4, -0.2) is 24.5 Å². The first-order chi connectivity index (χ1) is 12.7. The molecule has 138 valence electrons. The Balaban J connectivity index is 1.52. The number of hydrogen-bond acceptors (Lipinski definition) is 3. The summed E-state index contributed by atoms with van der Waals surface area (Å²) < 4.78 is 5.52. The molecule has 1 aromatic heterocycles. The van der Waals surface area contributed by atoms with Gasteiger partial charge in [-0.3, -0.25) is 10.1 Å². The Kier molecular flexibility index (Phi) is 6.44. The number of urea groups is 1. The number of carbonyl (C=O) groups is 2. The molecular weight excluding hydrogens is 330 g/mol. The zero-order valence-corrected chi connectivity index (χ0v) is 14.8. The van der Waals surface area contributed by atoms with Gasteiger partial charge in [-0.1, -0.05) is 49.6 Å². The normalized spacial score (nSPS) is 16.0. The van der Waals surface area contributed by atoms with E-state index in [4.69, 9.17) is 4.42 Å². The number of rotatable bonds is 6. The molecule has 1 aromatic carbocycles. The van der Waals surface area contributed by atoms with Crippen LogP contribution >= 0.6 is 0 Å². The topological polar surface area (TPSA) is 88.0 Å². The molecule has 3 amide bonds. The van der Waals surface area contributed by atoms with Crippen LogP contribution in [-0.2, 0) is 4.79 Å². The van der Waals surface area contributed by atoms with Gasteiger partial charge in [-0.15, -0.1) is 0 Å². The highest BCUT2D eigenvalue weighted by atomic mass is 16.3. The van der Waals surface area contributed by atoms with E-state index in [1.54, 1.807) is 6.26 Å². The van der Waals surface area contributed by atoms with Gasteiger partial charge >= 0.3 is 6.03 Å². The van der Waals surface area contributed by atoms with Crippen molar-refractivity contribution in [1.82, 2.24) is 10.6 Å². The van der Waals surface area contributed by atoms with Crippen LogP contribution in [0, 0.1) is 0 Å². The van der Waals surface area contributed by atoms with Crippen LogP contribution in [0.5, 0.6) is 0 Å². The fourth-order valence-corrected chi connectivity index (χ4v) is 3.42. The van der Waals surface area contributed by atoms with E-state index >= 15 is 0 Å². The summed E-state index contributed by atoms with van der Waals surface area (Å²) in [7, 11) is 0. The summed E-state index contributed by atoms with van der Waals surface area (Å²) in [5.74, 6) is 0.460. The molecule has 6 nitrogen and oxygen atoms in total. The molecule has 1 atom stereocenters. The summed E-state index contributed by atoms with van der Waals surface area (Å²) in [6.45, 7) is 0.137. The van der Waals surface area contributed by atoms with Gasteiger partial charge in [-0.05, 0) is 25.0 Å². The number of carbonyl (C=O) groups excluding carboxylic acids is 2. The molecule has 0 unspecified atom stereocenters. The predicted molar refractivity (Wildman–Crippen MR) is 97.3 cm³/mol. The highest BCUT2D eigenvalue weighted by Crippen LogP contribution is 2.18. The van der Waals surface area contributed by atoms with Crippen molar-refractivity contribution in [2.75, 3.05) is 6.54 Å². The molecule has 26 heavy (non-hydrogen) atoms. The zero-order chi connectivity index (χ0) is 18.2. The Morgan fingerprint density at radius 3 is 2.54 bits per heavy atom. The van der Waals surface area contributed by atoms with Crippen molar-refractivity contribution >= 4 is 11.9 Å². The largest absolute Gasteiger partial charge is 0.463 e. The second-order valence-electron chi connectivity index (χ2n) is 6.70. The van der Waals surface area contributed by atoms with Crippen LogP contribution < -0.4 is 16.0 Å². The Morgan fingerprint density at radius 2 is 1.85 bits per heavy atom. The number of hydrogen-bond donors (Lipinski definition) is 3. The number of furan rings is 1. The third-order valence-corrected chi connectivity index (χ3v) is 4.74. The van der Waals surface area contributed by atoms with Gasteiger partial charge in [0.05, 0.1) is 6.26 Å². The SMILES string of the molecule is O=C(C[NH2+][C@H](c1ccccc1)c1ccco1)NC(=O)NC1CCCCC1. The number of amides is 3. The number of quaternary nitrogens is 1. The van der Waals surface area contributed by atoms with E-state index in [-0.39, 0.29) is 24.5 Å². The molecule has 0 bridgehead atoms. The second kappa shape index (κ2) is 9.20. The van der Waals surface area contributed by atoms with E-state index in [9.17, 15) is 9.59 Å². The van der Waals surface area contributed by atoms with E-state index in [1.165, 1.54) is 6.42 Å². The number of imide groups is 1. The Hall–Kier alpha value is -2.60. The summed E-state index contributed by atoms with van der Waals surface area (Å²) >= 11 is 0. The maximum Gasteiger partial charge on any atom is 0.321 e. The fourth-order valence-electron chi connectivity index (χ4n) is 3.42. The first-order valence-corrected chi connectivity index (χ1v) is 9.24. The summed E-state index contributed by atoms with van der Waals surface area (Å²) in [5, 5.41) is 7.19. The van der Waals surface area contributed by atoms with Gasteiger partial charge in [0.2, 0.25) is 0 Å². The first kappa shape index (κ1) is 18.2. The minimum Gasteiger partial charge on any atom is -0.463 e. The van der Waals surface area contributed by atoms with Gasteiger partial charge in [-0.25, -0.2) is 4.79 Å². The van der Waals surface area contributed by atoms with Crippen molar-refractivity contribution in [2.24, 2.45) is 0 Å². The van der Waals surface area contributed by atoms with Crippen molar-refractivity contribution < 1.29 is 19.3 Å². The van der Waals surface area contributed by atoms with E-state index in [2.05, 4.69) is 10.6 Å². The lowest BCUT2D eigenvalue weighted by molar-refractivity contribution is -0.678. The molecule has 0 spiro atoms. The Labute approximate surface area is 153 Å². The molecule has 1 fully saturated rings. The van der Waals surface area contributed by atoms with Crippen molar-refractivity contribution in [3.8, 4) is 0 Å².